The minimum absolute atomic E-state index is 0.0149. The summed E-state index contributed by atoms with van der Waals surface area (Å²) < 4.78 is 0. The topological polar surface area (TPSA) is 57.6 Å². The van der Waals surface area contributed by atoms with Gasteiger partial charge in [-0.1, -0.05) is 32.6 Å². The fourth-order valence-corrected chi connectivity index (χ4v) is 3.68. The van der Waals surface area contributed by atoms with Crippen molar-refractivity contribution in [1.29, 1.82) is 0 Å². The number of carbonyl (C=O) groups is 2. The molecule has 1 rings (SSSR count). The first-order valence-electron chi connectivity index (χ1n) is 7.09. The molecule has 1 aliphatic rings. The Morgan fingerprint density at radius 1 is 1.26 bits per heavy atom. The molecule has 0 aliphatic carbocycles. The summed E-state index contributed by atoms with van der Waals surface area (Å²) in [6.45, 7) is 6.01. The van der Waals surface area contributed by atoms with E-state index in [1.54, 1.807) is 16.7 Å². The number of hydrogen-bond donors (Lipinski definition) is 1. The van der Waals surface area contributed by atoms with E-state index in [2.05, 4.69) is 6.92 Å². The maximum Gasteiger partial charge on any atom is 0.327 e. The predicted molar refractivity (Wildman–Crippen MR) is 78.2 cm³/mol. The quantitative estimate of drug-likeness (QED) is 0.731. The number of hydrogen-bond acceptors (Lipinski definition) is 3. The van der Waals surface area contributed by atoms with Crippen LogP contribution in [0.2, 0.25) is 0 Å². The lowest BCUT2D eigenvalue weighted by molar-refractivity contribution is -0.150. The zero-order chi connectivity index (χ0) is 14.5. The number of carboxylic acids is 1. The zero-order valence-corrected chi connectivity index (χ0v) is 13.0. The average molecular weight is 287 g/mol. The van der Waals surface area contributed by atoms with Crippen molar-refractivity contribution in [1.82, 2.24) is 4.90 Å². The van der Waals surface area contributed by atoms with E-state index < -0.39 is 16.9 Å². The van der Waals surface area contributed by atoms with Crippen LogP contribution in [0.1, 0.15) is 59.3 Å². The summed E-state index contributed by atoms with van der Waals surface area (Å²) in [6.07, 6.45) is 5.94. The molecule has 0 radical (unpaired) electrons. The molecule has 1 saturated heterocycles. The van der Waals surface area contributed by atoms with Gasteiger partial charge in [-0.25, -0.2) is 4.79 Å². The number of aliphatic carboxylic acids is 1. The zero-order valence-electron chi connectivity index (χ0n) is 12.1. The molecule has 0 spiro atoms. The van der Waals surface area contributed by atoms with E-state index in [-0.39, 0.29) is 5.91 Å². The third kappa shape index (κ3) is 4.41. The van der Waals surface area contributed by atoms with E-state index in [4.69, 9.17) is 0 Å². The van der Waals surface area contributed by atoms with Crippen LogP contribution < -0.4 is 0 Å². The van der Waals surface area contributed by atoms with E-state index in [1.807, 2.05) is 13.8 Å². The van der Waals surface area contributed by atoms with E-state index in [9.17, 15) is 14.7 Å². The second-order valence-electron chi connectivity index (χ2n) is 5.54. The van der Waals surface area contributed by atoms with Crippen LogP contribution in [0.3, 0.4) is 0 Å². The Hall–Kier alpha value is -0.710. The number of nitrogens with zero attached hydrogens (tertiary/aromatic N) is 1. The molecule has 19 heavy (non-hydrogen) atoms. The Kier molecular flexibility index (Phi) is 6.17. The summed E-state index contributed by atoms with van der Waals surface area (Å²) in [7, 11) is 0. The van der Waals surface area contributed by atoms with Gasteiger partial charge in [0, 0.05) is 12.2 Å². The van der Waals surface area contributed by atoms with Crippen molar-refractivity contribution < 1.29 is 14.7 Å². The normalized spacial score (nSPS) is 21.6. The van der Waals surface area contributed by atoms with Crippen LogP contribution in [0.15, 0.2) is 0 Å². The number of amides is 1. The molecule has 0 aromatic carbocycles. The first-order valence-corrected chi connectivity index (χ1v) is 8.07. The van der Waals surface area contributed by atoms with E-state index >= 15 is 0 Å². The second-order valence-corrected chi connectivity index (χ2v) is 7.16. The Balaban J connectivity index is 2.50. The van der Waals surface area contributed by atoms with Crippen molar-refractivity contribution >= 4 is 23.6 Å². The minimum atomic E-state index is -0.891. The van der Waals surface area contributed by atoms with Gasteiger partial charge >= 0.3 is 5.97 Å². The molecule has 1 atom stereocenters. The second kappa shape index (κ2) is 7.17. The van der Waals surface area contributed by atoms with Gasteiger partial charge in [0.1, 0.15) is 6.04 Å². The maximum atomic E-state index is 12.3. The molecule has 1 amide bonds. The first kappa shape index (κ1) is 16.3. The van der Waals surface area contributed by atoms with Crippen LogP contribution in [0.5, 0.6) is 0 Å². The molecule has 1 heterocycles. The molecule has 1 N–H and O–H groups in total. The third-order valence-corrected chi connectivity index (χ3v) is 4.92. The van der Waals surface area contributed by atoms with Gasteiger partial charge in [-0.2, -0.15) is 0 Å². The summed E-state index contributed by atoms with van der Waals surface area (Å²) in [4.78, 5) is 24.6. The molecule has 1 aliphatic heterocycles. The summed E-state index contributed by atoms with van der Waals surface area (Å²) in [6, 6.07) is -0.664. The molecule has 5 heteroatoms. The van der Waals surface area contributed by atoms with Crippen LogP contribution in [-0.4, -0.2) is 38.5 Å². The largest absolute Gasteiger partial charge is 0.480 e. The number of carboxylic acid groups (broad SMARTS) is 1. The molecular weight excluding hydrogens is 262 g/mol. The van der Waals surface area contributed by atoms with Crippen molar-refractivity contribution in [3.63, 3.8) is 0 Å². The minimum Gasteiger partial charge on any atom is -0.480 e. The van der Waals surface area contributed by atoms with Gasteiger partial charge in [-0.15, -0.1) is 11.8 Å². The summed E-state index contributed by atoms with van der Waals surface area (Å²) in [5, 5.41) is 9.20. The Morgan fingerprint density at radius 3 is 2.47 bits per heavy atom. The number of carbonyl (C=O) groups excluding carboxylic acids is 1. The highest BCUT2D eigenvalue weighted by atomic mass is 32.2. The average Bonchev–Trinajstić information content (AvgIpc) is 2.64. The van der Waals surface area contributed by atoms with Crippen molar-refractivity contribution in [3.05, 3.63) is 0 Å². The lowest BCUT2D eigenvalue weighted by Gasteiger charge is -2.33. The van der Waals surface area contributed by atoms with Crippen LogP contribution in [0, 0.1) is 0 Å². The van der Waals surface area contributed by atoms with E-state index in [0.717, 1.165) is 19.3 Å². The monoisotopic (exact) mass is 287 g/mol. The fourth-order valence-electron chi connectivity index (χ4n) is 2.46. The van der Waals surface area contributed by atoms with Crippen LogP contribution in [0.4, 0.5) is 0 Å². The van der Waals surface area contributed by atoms with Gasteiger partial charge in [0.2, 0.25) is 5.91 Å². The van der Waals surface area contributed by atoms with Crippen molar-refractivity contribution in [2.24, 2.45) is 0 Å². The number of thioether (sulfide) groups is 1. The lowest BCUT2D eigenvalue weighted by Crippen LogP contribution is -2.49. The summed E-state index contributed by atoms with van der Waals surface area (Å²) in [5.41, 5.74) is 0. The highest BCUT2D eigenvalue weighted by Gasteiger charge is 2.46. The molecule has 0 aromatic rings. The molecule has 0 aromatic heterocycles. The van der Waals surface area contributed by atoms with E-state index in [0.29, 0.717) is 12.2 Å². The van der Waals surface area contributed by atoms with E-state index in [1.165, 1.54) is 12.8 Å². The summed E-state index contributed by atoms with van der Waals surface area (Å²) >= 11 is 1.54. The van der Waals surface area contributed by atoms with Gasteiger partial charge in [-0.3, -0.25) is 4.79 Å². The molecule has 110 valence electrons. The smallest absolute Gasteiger partial charge is 0.327 e. The standard InChI is InChI=1S/C14H25NO3S/c1-4-5-6-7-8-9-12(16)15-11(13(17)18)10-19-14(15,2)3/h11H,4-10H2,1-3H3,(H,17,18). The van der Waals surface area contributed by atoms with Crippen molar-refractivity contribution in [3.8, 4) is 0 Å². The molecular formula is C14H25NO3S. The Labute approximate surface area is 119 Å². The molecule has 1 fully saturated rings. The van der Waals surface area contributed by atoms with Gasteiger partial charge in [0.25, 0.3) is 0 Å². The summed E-state index contributed by atoms with van der Waals surface area (Å²) in [5.74, 6) is -0.416. The SMILES string of the molecule is CCCCCCCC(=O)N1C(C(=O)O)CSC1(C)C. The van der Waals surface area contributed by atoms with Gasteiger partial charge in [0.05, 0.1) is 4.87 Å². The molecule has 0 saturated carbocycles. The van der Waals surface area contributed by atoms with Gasteiger partial charge < -0.3 is 10.0 Å². The highest BCUT2D eigenvalue weighted by molar-refractivity contribution is 8.00. The Bertz CT molecular complexity index is 331. The van der Waals surface area contributed by atoms with Crippen LogP contribution in [-0.2, 0) is 9.59 Å². The number of rotatable bonds is 7. The predicted octanol–water partition coefficient (Wildman–Crippen LogP) is 3.11. The lowest BCUT2D eigenvalue weighted by atomic mass is 10.1. The first-order chi connectivity index (χ1) is 8.90. The van der Waals surface area contributed by atoms with Gasteiger partial charge in [-0.05, 0) is 20.3 Å². The van der Waals surface area contributed by atoms with Crippen molar-refractivity contribution in [2.75, 3.05) is 5.75 Å². The third-order valence-electron chi connectivity index (χ3n) is 3.53. The highest BCUT2D eigenvalue weighted by Crippen LogP contribution is 2.39. The molecule has 0 bridgehead atoms. The molecule has 1 unspecified atom stereocenters. The maximum absolute atomic E-state index is 12.3. The van der Waals surface area contributed by atoms with Crippen molar-refractivity contribution in [2.45, 2.75) is 70.2 Å². The Morgan fingerprint density at radius 2 is 1.89 bits per heavy atom. The molecule has 4 nitrogen and oxygen atoms in total. The fraction of sp³-hybridized carbons (Fsp3) is 0.857. The van der Waals surface area contributed by atoms with Crippen LogP contribution in [0.25, 0.3) is 0 Å². The number of unbranched alkanes of at least 4 members (excludes halogenated alkanes) is 4. The van der Waals surface area contributed by atoms with Crippen LogP contribution >= 0.6 is 11.8 Å². The van der Waals surface area contributed by atoms with Gasteiger partial charge in [0.15, 0.2) is 0 Å².